The lowest BCUT2D eigenvalue weighted by Crippen LogP contribution is -2.56. The quantitative estimate of drug-likeness (QED) is 0.354. The van der Waals surface area contributed by atoms with Gasteiger partial charge in [-0.3, -0.25) is 0 Å². The highest BCUT2D eigenvalue weighted by Gasteiger charge is 2.40. The van der Waals surface area contributed by atoms with Crippen LogP contribution in [0.5, 0.6) is 11.5 Å². The molecule has 0 atom stereocenters. The van der Waals surface area contributed by atoms with Crippen LogP contribution in [0.15, 0.2) is 91.0 Å². The van der Waals surface area contributed by atoms with Crippen molar-refractivity contribution in [2.45, 2.75) is 0 Å². The molecule has 0 N–H and O–H groups in total. The van der Waals surface area contributed by atoms with Crippen molar-refractivity contribution in [2.24, 2.45) is 0 Å². The third-order valence-corrected chi connectivity index (χ3v) is 7.48. The van der Waals surface area contributed by atoms with Gasteiger partial charge in [0.15, 0.2) is 0 Å². The lowest BCUT2D eigenvalue weighted by atomic mass is 9.36. The van der Waals surface area contributed by atoms with Crippen LogP contribution in [0, 0.1) is 0 Å². The third kappa shape index (κ3) is 2.00. The van der Waals surface area contributed by atoms with E-state index in [0.717, 1.165) is 11.5 Å². The Bertz CT molecular complexity index is 1430. The third-order valence-electron chi connectivity index (χ3n) is 6.16. The maximum Gasteiger partial charge on any atom is 0.264 e. The van der Waals surface area contributed by atoms with Gasteiger partial charge < -0.3 is 4.74 Å². The Balaban J connectivity index is 1.64. The normalized spacial score (nSPS) is 13.0. The van der Waals surface area contributed by atoms with E-state index in [2.05, 4.69) is 91.0 Å². The molecular weight excluding hydrogens is 371 g/mol. The molecule has 5 aromatic rings. The highest BCUT2D eigenvalue weighted by atomic mass is 32.1. The lowest BCUT2D eigenvalue weighted by Gasteiger charge is -2.31. The van der Waals surface area contributed by atoms with E-state index < -0.39 is 0 Å². The van der Waals surface area contributed by atoms with Crippen LogP contribution in [0.4, 0.5) is 0 Å². The summed E-state index contributed by atoms with van der Waals surface area (Å²) < 4.78 is 7.77. The van der Waals surface area contributed by atoms with Gasteiger partial charge in [-0.15, -0.1) is 11.3 Å². The van der Waals surface area contributed by atoms with Crippen LogP contribution in [0.25, 0.3) is 32.3 Å². The maximum absolute atomic E-state index is 6.33. The van der Waals surface area contributed by atoms with E-state index in [1.807, 2.05) is 11.3 Å². The standard InChI is InChI=1S/C26H15BOS/c1-2-8-16(9-3-1)25-19-12-6-10-17-18-11-7-15-22-24(18)27(26(29-25)23(17)19)20-13-4-5-14-21(20)28-22/h1-15H. The molecule has 0 amide bonds. The minimum absolute atomic E-state index is 0.228. The molecule has 29 heavy (non-hydrogen) atoms. The molecule has 0 saturated carbocycles. The summed E-state index contributed by atoms with van der Waals surface area (Å²) >= 11 is 1.94. The SMILES string of the molecule is c1ccc(-c2sc3c4c(cccc24)-c2cccc4c2B3c2ccccc2O4)cc1. The van der Waals surface area contributed by atoms with Crippen molar-refractivity contribution >= 4 is 44.5 Å². The molecule has 0 unspecified atom stereocenters. The van der Waals surface area contributed by atoms with Gasteiger partial charge in [0.2, 0.25) is 0 Å². The second-order valence-corrected chi connectivity index (χ2v) is 8.73. The number of fused-ring (bicyclic) bond motifs is 4. The van der Waals surface area contributed by atoms with E-state index in [-0.39, 0.29) is 6.71 Å². The van der Waals surface area contributed by atoms with Crippen molar-refractivity contribution in [2.75, 3.05) is 0 Å². The minimum atomic E-state index is 0.228. The Hall–Kier alpha value is -3.30. The molecule has 0 radical (unpaired) electrons. The zero-order valence-corrected chi connectivity index (χ0v) is 16.4. The summed E-state index contributed by atoms with van der Waals surface area (Å²) in [6, 6.07) is 32.5. The molecule has 0 spiro atoms. The summed E-state index contributed by atoms with van der Waals surface area (Å²) in [6.07, 6.45) is 0. The second kappa shape index (κ2) is 5.62. The van der Waals surface area contributed by atoms with E-state index in [9.17, 15) is 0 Å². The maximum atomic E-state index is 6.33. The lowest BCUT2D eigenvalue weighted by molar-refractivity contribution is 0.487. The number of hydrogen-bond donors (Lipinski definition) is 0. The topological polar surface area (TPSA) is 9.23 Å². The van der Waals surface area contributed by atoms with E-state index >= 15 is 0 Å². The molecule has 134 valence electrons. The highest BCUT2D eigenvalue weighted by Crippen LogP contribution is 2.42. The van der Waals surface area contributed by atoms with Crippen LogP contribution in [-0.4, -0.2) is 6.71 Å². The van der Waals surface area contributed by atoms with Gasteiger partial charge in [0.1, 0.15) is 11.5 Å². The minimum Gasteiger partial charge on any atom is -0.458 e. The zero-order chi connectivity index (χ0) is 18.9. The molecule has 0 aliphatic carbocycles. The van der Waals surface area contributed by atoms with Crippen LogP contribution < -0.4 is 20.4 Å². The van der Waals surface area contributed by atoms with Crippen LogP contribution in [-0.2, 0) is 0 Å². The fourth-order valence-electron chi connectivity index (χ4n) is 4.98. The first kappa shape index (κ1) is 15.6. The number of hydrogen-bond acceptors (Lipinski definition) is 2. The van der Waals surface area contributed by atoms with Crippen molar-refractivity contribution in [3.8, 4) is 33.1 Å². The molecule has 1 aromatic heterocycles. The van der Waals surface area contributed by atoms with Gasteiger partial charge in [-0.1, -0.05) is 78.9 Å². The van der Waals surface area contributed by atoms with E-state index in [1.165, 1.54) is 48.0 Å². The fourth-order valence-corrected chi connectivity index (χ4v) is 6.42. The van der Waals surface area contributed by atoms with Gasteiger partial charge in [-0.05, 0) is 49.9 Å². The molecule has 0 saturated heterocycles. The van der Waals surface area contributed by atoms with Gasteiger partial charge in [-0.2, -0.15) is 0 Å². The van der Waals surface area contributed by atoms with E-state index in [1.54, 1.807) is 0 Å². The van der Waals surface area contributed by atoms with Crippen molar-refractivity contribution in [3.63, 3.8) is 0 Å². The van der Waals surface area contributed by atoms with Gasteiger partial charge in [0.05, 0.1) is 0 Å². The predicted octanol–water partition coefficient (Wildman–Crippen LogP) is 5.17. The fraction of sp³-hybridized carbons (Fsp3) is 0. The number of thiophene rings is 1. The van der Waals surface area contributed by atoms with Gasteiger partial charge in [-0.25, -0.2) is 0 Å². The van der Waals surface area contributed by atoms with Crippen molar-refractivity contribution in [1.29, 1.82) is 0 Å². The summed E-state index contributed by atoms with van der Waals surface area (Å²) in [5, 5.41) is 2.76. The monoisotopic (exact) mass is 386 g/mol. The molecule has 7 rings (SSSR count). The highest BCUT2D eigenvalue weighted by molar-refractivity contribution is 7.32. The predicted molar refractivity (Wildman–Crippen MR) is 124 cm³/mol. The smallest absolute Gasteiger partial charge is 0.264 e. The molecule has 3 heteroatoms. The molecule has 4 aromatic carbocycles. The summed E-state index contributed by atoms with van der Waals surface area (Å²) in [6.45, 7) is 0.228. The molecule has 1 nitrogen and oxygen atoms in total. The molecular formula is C26H15BOS. The van der Waals surface area contributed by atoms with Gasteiger partial charge in [0.25, 0.3) is 6.71 Å². The molecule has 2 aliphatic heterocycles. The van der Waals surface area contributed by atoms with Crippen LogP contribution in [0.1, 0.15) is 0 Å². The molecule has 3 heterocycles. The van der Waals surface area contributed by atoms with E-state index in [4.69, 9.17) is 4.74 Å². The Morgan fingerprint density at radius 3 is 2.34 bits per heavy atom. The number of rotatable bonds is 1. The Kier molecular flexibility index (Phi) is 3.02. The average molecular weight is 386 g/mol. The van der Waals surface area contributed by atoms with Gasteiger partial charge in [0, 0.05) is 10.3 Å². The van der Waals surface area contributed by atoms with Crippen LogP contribution in [0.3, 0.4) is 0 Å². The summed E-state index contributed by atoms with van der Waals surface area (Å²) in [7, 11) is 0. The molecule has 0 fully saturated rings. The van der Waals surface area contributed by atoms with Crippen molar-refractivity contribution in [1.82, 2.24) is 0 Å². The summed E-state index contributed by atoms with van der Waals surface area (Å²) in [5.74, 6) is 1.97. The first-order valence-corrected chi connectivity index (χ1v) is 10.7. The van der Waals surface area contributed by atoms with Gasteiger partial charge >= 0.3 is 0 Å². The first-order valence-electron chi connectivity index (χ1n) is 9.91. The van der Waals surface area contributed by atoms with Crippen molar-refractivity contribution in [3.05, 3.63) is 91.0 Å². The Morgan fingerprint density at radius 2 is 1.41 bits per heavy atom. The Labute approximate surface area is 173 Å². The van der Waals surface area contributed by atoms with Crippen molar-refractivity contribution < 1.29 is 4.74 Å². The largest absolute Gasteiger partial charge is 0.458 e. The summed E-state index contributed by atoms with van der Waals surface area (Å²) in [4.78, 5) is 1.36. The first-order chi connectivity index (χ1) is 14.4. The number of benzene rings is 4. The molecule has 0 bridgehead atoms. The average Bonchev–Trinajstić information content (AvgIpc) is 3.17. The van der Waals surface area contributed by atoms with Crippen LogP contribution >= 0.6 is 11.3 Å². The number of para-hydroxylation sites is 1. The van der Waals surface area contributed by atoms with E-state index in [0.29, 0.717) is 0 Å². The summed E-state index contributed by atoms with van der Waals surface area (Å²) in [5.41, 5.74) is 6.50. The second-order valence-electron chi connectivity index (χ2n) is 7.68. The molecule has 2 aliphatic rings. The Morgan fingerprint density at radius 1 is 0.655 bits per heavy atom. The van der Waals surface area contributed by atoms with Crippen LogP contribution in [0.2, 0.25) is 0 Å². The number of ether oxygens (including phenoxy) is 1. The zero-order valence-electron chi connectivity index (χ0n) is 15.6.